The van der Waals surface area contributed by atoms with E-state index in [4.69, 9.17) is 23.2 Å². The molecule has 0 saturated carbocycles. The van der Waals surface area contributed by atoms with E-state index in [-0.39, 0.29) is 45.8 Å². The first-order valence-corrected chi connectivity index (χ1v) is 11.5. The molecule has 1 aliphatic heterocycles. The molecular formula is C20H21Cl2N3O4S. The van der Waals surface area contributed by atoms with Crippen LogP contribution in [-0.4, -0.2) is 44.7 Å². The molecule has 0 radical (unpaired) electrons. The van der Waals surface area contributed by atoms with Crippen molar-refractivity contribution in [3.63, 3.8) is 0 Å². The van der Waals surface area contributed by atoms with Crippen LogP contribution in [0.15, 0.2) is 47.4 Å². The highest BCUT2D eigenvalue weighted by Gasteiger charge is 2.34. The third kappa shape index (κ3) is 4.78. The number of halogens is 2. The first-order chi connectivity index (χ1) is 14.2. The Morgan fingerprint density at radius 3 is 2.10 bits per heavy atom. The second-order valence-electron chi connectivity index (χ2n) is 6.87. The Kier molecular flexibility index (Phi) is 7.02. The number of sulfonamides is 1. The highest BCUT2D eigenvalue weighted by molar-refractivity contribution is 7.89. The van der Waals surface area contributed by atoms with Crippen LogP contribution in [-0.2, 0) is 14.8 Å². The van der Waals surface area contributed by atoms with Crippen molar-refractivity contribution in [2.75, 3.05) is 25.5 Å². The van der Waals surface area contributed by atoms with Gasteiger partial charge in [0.25, 0.3) is 5.91 Å². The fourth-order valence-corrected chi connectivity index (χ4v) is 5.87. The number of rotatable bonds is 5. The van der Waals surface area contributed by atoms with Crippen molar-refractivity contribution in [1.29, 1.82) is 0 Å². The first-order valence-electron chi connectivity index (χ1n) is 9.31. The summed E-state index contributed by atoms with van der Waals surface area (Å²) in [4.78, 5) is 24.1. The molecule has 2 aromatic carbocycles. The van der Waals surface area contributed by atoms with Gasteiger partial charge in [0.2, 0.25) is 15.9 Å². The molecule has 0 aromatic heterocycles. The van der Waals surface area contributed by atoms with Gasteiger partial charge in [0.15, 0.2) is 0 Å². The molecule has 0 aliphatic carbocycles. The lowest BCUT2D eigenvalue weighted by atomic mass is 9.97. The lowest BCUT2D eigenvalue weighted by Crippen LogP contribution is -2.41. The average Bonchev–Trinajstić information content (AvgIpc) is 2.73. The maximum Gasteiger partial charge on any atom is 0.251 e. The van der Waals surface area contributed by atoms with E-state index >= 15 is 0 Å². The molecule has 30 heavy (non-hydrogen) atoms. The van der Waals surface area contributed by atoms with E-state index in [1.54, 1.807) is 37.4 Å². The summed E-state index contributed by atoms with van der Waals surface area (Å²) in [7, 11) is -2.30. The Morgan fingerprint density at radius 1 is 1.00 bits per heavy atom. The summed E-state index contributed by atoms with van der Waals surface area (Å²) in [6.45, 7) is 0.384. The van der Waals surface area contributed by atoms with Crippen LogP contribution >= 0.6 is 23.2 Å². The van der Waals surface area contributed by atoms with Gasteiger partial charge < -0.3 is 10.6 Å². The first kappa shape index (κ1) is 22.6. The predicted molar refractivity (Wildman–Crippen MR) is 116 cm³/mol. The molecule has 1 heterocycles. The Hall–Kier alpha value is -2.13. The van der Waals surface area contributed by atoms with Crippen LogP contribution in [0.2, 0.25) is 10.0 Å². The zero-order valence-corrected chi connectivity index (χ0v) is 18.5. The van der Waals surface area contributed by atoms with E-state index in [9.17, 15) is 18.0 Å². The number of hydrogen-bond donors (Lipinski definition) is 2. The number of amides is 2. The van der Waals surface area contributed by atoms with Crippen molar-refractivity contribution >= 4 is 50.7 Å². The summed E-state index contributed by atoms with van der Waals surface area (Å²) in [5.41, 5.74) is 1.07. The van der Waals surface area contributed by atoms with Gasteiger partial charge in [0.05, 0.1) is 10.0 Å². The van der Waals surface area contributed by atoms with Crippen LogP contribution in [0.25, 0.3) is 0 Å². The summed E-state index contributed by atoms with van der Waals surface area (Å²) in [5.74, 6) is -0.715. The summed E-state index contributed by atoms with van der Waals surface area (Å²) in [5, 5.41) is 5.49. The van der Waals surface area contributed by atoms with Gasteiger partial charge >= 0.3 is 0 Å². The molecule has 0 unspecified atom stereocenters. The monoisotopic (exact) mass is 469 g/mol. The van der Waals surface area contributed by atoms with Crippen LogP contribution in [0.1, 0.15) is 23.2 Å². The Labute approximate surface area is 185 Å². The molecule has 1 saturated heterocycles. The summed E-state index contributed by atoms with van der Waals surface area (Å²) < 4.78 is 27.2. The lowest BCUT2D eigenvalue weighted by Gasteiger charge is -2.31. The minimum Gasteiger partial charge on any atom is -0.355 e. The molecule has 160 valence electrons. The maximum absolute atomic E-state index is 12.9. The highest BCUT2D eigenvalue weighted by atomic mass is 35.5. The van der Waals surface area contributed by atoms with Gasteiger partial charge in [0, 0.05) is 37.3 Å². The molecule has 2 N–H and O–H groups in total. The molecule has 1 aliphatic rings. The number of hydrogen-bond acceptors (Lipinski definition) is 4. The fraction of sp³-hybridized carbons (Fsp3) is 0.300. The SMILES string of the molecule is CNC(=O)c1ccc(NC(=O)C2CCN(S(=O)(=O)c3c(Cl)cccc3Cl)CC2)cc1. The Balaban J connectivity index is 1.62. The van der Waals surface area contributed by atoms with Gasteiger partial charge in [-0.2, -0.15) is 4.31 Å². The van der Waals surface area contributed by atoms with E-state index in [0.717, 1.165) is 0 Å². The highest BCUT2D eigenvalue weighted by Crippen LogP contribution is 2.33. The van der Waals surface area contributed by atoms with Crippen molar-refractivity contribution < 1.29 is 18.0 Å². The van der Waals surface area contributed by atoms with Crippen LogP contribution < -0.4 is 10.6 Å². The molecule has 2 amide bonds. The molecule has 10 heteroatoms. The second kappa shape index (κ2) is 9.34. The standard InChI is InChI=1S/C20H21Cl2N3O4S/c1-23-19(26)13-5-7-15(8-6-13)24-20(27)14-9-11-25(12-10-14)30(28,29)18-16(21)3-2-4-17(18)22/h2-8,14H,9-12H2,1H3,(H,23,26)(H,24,27). The summed E-state index contributed by atoms with van der Waals surface area (Å²) >= 11 is 12.1. The minimum absolute atomic E-state index is 0.0718. The van der Waals surface area contributed by atoms with Crippen LogP contribution in [0, 0.1) is 5.92 Å². The molecule has 2 aromatic rings. The summed E-state index contributed by atoms with van der Waals surface area (Å²) in [6, 6.07) is 11.1. The fourth-order valence-electron chi connectivity index (χ4n) is 3.31. The van der Waals surface area contributed by atoms with Gasteiger partial charge in [-0.1, -0.05) is 29.3 Å². The van der Waals surface area contributed by atoms with Crippen molar-refractivity contribution in [2.24, 2.45) is 5.92 Å². The zero-order valence-electron chi connectivity index (χ0n) is 16.2. The van der Waals surface area contributed by atoms with Crippen LogP contribution in [0.4, 0.5) is 5.69 Å². The lowest BCUT2D eigenvalue weighted by molar-refractivity contribution is -0.120. The number of nitrogens with one attached hydrogen (secondary N) is 2. The average molecular weight is 470 g/mol. The minimum atomic E-state index is -3.85. The molecule has 0 atom stereocenters. The third-order valence-electron chi connectivity index (χ3n) is 4.98. The summed E-state index contributed by atoms with van der Waals surface area (Å²) in [6.07, 6.45) is 0.757. The molecule has 0 spiro atoms. The van der Waals surface area contributed by atoms with Crippen molar-refractivity contribution in [2.45, 2.75) is 17.7 Å². The van der Waals surface area contributed by atoms with Crippen LogP contribution in [0.3, 0.4) is 0 Å². The van der Waals surface area contributed by atoms with E-state index in [1.807, 2.05) is 0 Å². The second-order valence-corrected chi connectivity index (χ2v) is 9.56. The van der Waals surface area contributed by atoms with Gasteiger partial charge in [0.1, 0.15) is 4.90 Å². The number of anilines is 1. The molecule has 0 bridgehead atoms. The van der Waals surface area contributed by atoms with E-state index < -0.39 is 10.0 Å². The van der Waals surface area contributed by atoms with Crippen molar-refractivity contribution in [3.05, 3.63) is 58.1 Å². The van der Waals surface area contributed by atoms with E-state index in [1.165, 1.54) is 16.4 Å². The van der Waals surface area contributed by atoms with E-state index in [2.05, 4.69) is 10.6 Å². The predicted octanol–water partition coefficient (Wildman–Crippen LogP) is 3.39. The van der Waals surface area contributed by atoms with E-state index in [0.29, 0.717) is 24.1 Å². The number of carbonyl (C=O) groups excluding carboxylic acids is 2. The van der Waals surface area contributed by atoms with Crippen LogP contribution in [0.5, 0.6) is 0 Å². The van der Waals surface area contributed by atoms with Crippen molar-refractivity contribution in [3.8, 4) is 0 Å². The molecule has 1 fully saturated rings. The number of carbonyl (C=O) groups is 2. The maximum atomic E-state index is 12.9. The van der Waals surface area contributed by atoms with Gasteiger partial charge in [-0.15, -0.1) is 0 Å². The Bertz CT molecular complexity index is 1030. The van der Waals surface area contributed by atoms with Gasteiger partial charge in [-0.05, 0) is 49.2 Å². The van der Waals surface area contributed by atoms with Gasteiger partial charge in [-0.3, -0.25) is 9.59 Å². The van der Waals surface area contributed by atoms with Crippen molar-refractivity contribution in [1.82, 2.24) is 9.62 Å². The number of piperidine rings is 1. The third-order valence-corrected chi connectivity index (χ3v) is 7.84. The number of benzene rings is 2. The molecular weight excluding hydrogens is 449 g/mol. The smallest absolute Gasteiger partial charge is 0.251 e. The number of nitrogens with zero attached hydrogens (tertiary/aromatic N) is 1. The Morgan fingerprint density at radius 2 is 1.57 bits per heavy atom. The molecule has 7 nitrogen and oxygen atoms in total. The topological polar surface area (TPSA) is 95.6 Å². The largest absolute Gasteiger partial charge is 0.355 e. The molecule has 3 rings (SSSR count). The quantitative estimate of drug-likeness (QED) is 0.701. The normalized spacial score (nSPS) is 15.6. The zero-order chi connectivity index (χ0) is 21.9. The van der Waals surface area contributed by atoms with Gasteiger partial charge in [-0.25, -0.2) is 8.42 Å².